The Hall–Kier alpha value is -4.59. The minimum absolute atomic E-state index is 0.383. The number of rotatable bonds is 9. The highest BCUT2D eigenvalue weighted by Crippen LogP contribution is 2.32. The van der Waals surface area contributed by atoms with Crippen molar-refractivity contribution in [2.75, 3.05) is 19.0 Å². The zero-order chi connectivity index (χ0) is 25.8. The summed E-state index contributed by atoms with van der Waals surface area (Å²) in [6.07, 6.45) is 0. The van der Waals surface area contributed by atoms with Crippen LogP contribution in [-0.2, 0) is 6.54 Å². The number of anilines is 1. The van der Waals surface area contributed by atoms with Gasteiger partial charge in [0, 0.05) is 23.1 Å². The quantitative estimate of drug-likeness (QED) is 0.245. The molecule has 5 aromatic rings. The summed E-state index contributed by atoms with van der Waals surface area (Å²) < 4.78 is 11.3. The van der Waals surface area contributed by atoms with Gasteiger partial charge in [-0.15, -0.1) is 0 Å². The summed E-state index contributed by atoms with van der Waals surface area (Å²) in [4.78, 5) is 19.7. The molecule has 3 aromatic carbocycles. The molecule has 0 saturated heterocycles. The third kappa shape index (κ3) is 5.48. The van der Waals surface area contributed by atoms with Crippen LogP contribution >= 0.6 is 0 Å². The third-order valence-corrected chi connectivity index (χ3v) is 5.95. The Balaban J connectivity index is 1.46. The van der Waals surface area contributed by atoms with E-state index < -0.39 is 5.69 Å². The van der Waals surface area contributed by atoms with Crippen LogP contribution in [0.25, 0.3) is 33.4 Å². The molecule has 0 aliphatic heterocycles. The van der Waals surface area contributed by atoms with E-state index in [-0.39, 0.29) is 0 Å². The number of aromatic nitrogens is 4. The van der Waals surface area contributed by atoms with Crippen LogP contribution in [0, 0.1) is 5.92 Å². The standard InChI is InChI=1S/C29H29N5O3/c1-18(2)17-37-27-10-5-4-9-22(27)26-15-25(31-29(35)32-26)20-11-12-24-23(14-20)28(34-33-24)30-16-19-7-6-8-21(13-19)36-3/h4-15,18H,16-17H2,1-3H3,(H2,30,33,34)(H,31,32,35). The number of hydrogen-bond acceptors (Lipinski definition) is 6. The van der Waals surface area contributed by atoms with Gasteiger partial charge in [-0.3, -0.25) is 5.10 Å². The van der Waals surface area contributed by atoms with Crippen molar-refractivity contribution < 1.29 is 9.47 Å². The molecule has 5 rings (SSSR count). The second kappa shape index (κ2) is 10.6. The Morgan fingerprint density at radius 1 is 1.00 bits per heavy atom. The first-order valence-electron chi connectivity index (χ1n) is 12.2. The molecule has 0 aliphatic carbocycles. The van der Waals surface area contributed by atoms with Gasteiger partial charge in [0.1, 0.15) is 11.5 Å². The molecule has 8 nitrogen and oxygen atoms in total. The molecular weight excluding hydrogens is 466 g/mol. The average Bonchev–Trinajstić information content (AvgIpc) is 3.33. The lowest BCUT2D eigenvalue weighted by atomic mass is 10.1. The number of benzene rings is 3. The molecule has 0 unspecified atom stereocenters. The lowest BCUT2D eigenvalue weighted by molar-refractivity contribution is 0.272. The first-order valence-corrected chi connectivity index (χ1v) is 12.2. The van der Waals surface area contributed by atoms with Crippen molar-refractivity contribution in [3.8, 4) is 34.0 Å². The number of para-hydroxylation sites is 1. The summed E-state index contributed by atoms with van der Waals surface area (Å²) in [6, 6.07) is 23.3. The minimum Gasteiger partial charge on any atom is -0.497 e. The maximum Gasteiger partial charge on any atom is 0.345 e. The van der Waals surface area contributed by atoms with Gasteiger partial charge in [-0.25, -0.2) is 4.79 Å². The molecular formula is C29H29N5O3. The number of aromatic amines is 2. The van der Waals surface area contributed by atoms with Gasteiger partial charge in [0.15, 0.2) is 5.82 Å². The summed E-state index contributed by atoms with van der Waals surface area (Å²) in [6.45, 7) is 5.37. The molecule has 8 heteroatoms. The van der Waals surface area contributed by atoms with Crippen molar-refractivity contribution in [3.63, 3.8) is 0 Å². The zero-order valence-corrected chi connectivity index (χ0v) is 21.0. The van der Waals surface area contributed by atoms with E-state index in [1.54, 1.807) is 7.11 Å². The molecule has 0 spiro atoms. The van der Waals surface area contributed by atoms with Crippen LogP contribution in [0.5, 0.6) is 11.5 Å². The van der Waals surface area contributed by atoms with Crippen LogP contribution < -0.4 is 20.5 Å². The maximum absolute atomic E-state index is 12.6. The Bertz CT molecular complexity index is 1590. The van der Waals surface area contributed by atoms with Crippen molar-refractivity contribution in [1.82, 2.24) is 20.2 Å². The van der Waals surface area contributed by atoms with Gasteiger partial charge >= 0.3 is 5.69 Å². The predicted molar refractivity (Wildman–Crippen MR) is 146 cm³/mol. The zero-order valence-electron chi connectivity index (χ0n) is 21.0. The Kier molecular flexibility index (Phi) is 6.89. The van der Waals surface area contributed by atoms with Gasteiger partial charge in [0.25, 0.3) is 0 Å². The van der Waals surface area contributed by atoms with Crippen LogP contribution in [0.4, 0.5) is 5.82 Å². The second-order valence-electron chi connectivity index (χ2n) is 9.22. The fraction of sp³-hybridized carbons (Fsp3) is 0.207. The molecule has 0 atom stereocenters. The predicted octanol–water partition coefficient (Wildman–Crippen LogP) is 5.64. The fourth-order valence-corrected chi connectivity index (χ4v) is 4.10. The number of hydrogen-bond donors (Lipinski definition) is 3. The van der Waals surface area contributed by atoms with Gasteiger partial charge in [-0.1, -0.05) is 44.2 Å². The van der Waals surface area contributed by atoms with Gasteiger partial charge in [0.2, 0.25) is 0 Å². The molecule has 0 aliphatic rings. The van der Waals surface area contributed by atoms with Crippen molar-refractivity contribution in [2.24, 2.45) is 5.92 Å². The van der Waals surface area contributed by atoms with Gasteiger partial charge in [-0.05, 0) is 53.9 Å². The fourth-order valence-electron chi connectivity index (χ4n) is 4.10. The average molecular weight is 496 g/mol. The molecule has 2 heterocycles. The Morgan fingerprint density at radius 3 is 2.70 bits per heavy atom. The van der Waals surface area contributed by atoms with Gasteiger partial charge in [-0.2, -0.15) is 10.1 Å². The monoisotopic (exact) mass is 495 g/mol. The summed E-state index contributed by atoms with van der Waals surface area (Å²) in [5.74, 6) is 2.63. The molecule has 0 radical (unpaired) electrons. The van der Waals surface area contributed by atoms with E-state index in [9.17, 15) is 4.79 Å². The molecule has 0 amide bonds. The van der Waals surface area contributed by atoms with Crippen molar-refractivity contribution in [1.29, 1.82) is 0 Å². The van der Waals surface area contributed by atoms with E-state index in [0.717, 1.165) is 44.9 Å². The SMILES string of the molecule is COc1cccc(CNc2n[nH]c3ccc(-c4cc(-c5ccccc5OCC(C)C)[nH]c(=O)n4)cc23)c1. The van der Waals surface area contributed by atoms with Gasteiger partial charge < -0.3 is 19.8 Å². The van der Waals surface area contributed by atoms with Gasteiger partial charge in [0.05, 0.1) is 30.6 Å². The molecule has 3 N–H and O–H groups in total. The number of methoxy groups -OCH3 is 1. The van der Waals surface area contributed by atoms with E-state index in [0.29, 0.717) is 30.5 Å². The smallest absolute Gasteiger partial charge is 0.345 e. The highest BCUT2D eigenvalue weighted by molar-refractivity contribution is 5.93. The van der Waals surface area contributed by atoms with Crippen molar-refractivity contribution >= 4 is 16.7 Å². The van der Waals surface area contributed by atoms with Crippen LogP contribution in [-0.4, -0.2) is 33.9 Å². The first kappa shape index (κ1) is 24.1. The van der Waals surface area contributed by atoms with Crippen LogP contribution in [0.15, 0.2) is 77.6 Å². The van der Waals surface area contributed by atoms with E-state index in [4.69, 9.17) is 9.47 Å². The van der Waals surface area contributed by atoms with Crippen LogP contribution in [0.3, 0.4) is 0 Å². The summed E-state index contributed by atoms with van der Waals surface area (Å²) >= 11 is 0. The number of fused-ring (bicyclic) bond motifs is 1. The molecule has 37 heavy (non-hydrogen) atoms. The van der Waals surface area contributed by atoms with E-state index >= 15 is 0 Å². The Labute approximate surface area is 214 Å². The van der Waals surface area contributed by atoms with Crippen LogP contribution in [0.1, 0.15) is 19.4 Å². The summed E-state index contributed by atoms with van der Waals surface area (Å²) in [5.41, 5.74) is 4.38. The number of ether oxygens (including phenoxy) is 2. The third-order valence-electron chi connectivity index (χ3n) is 5.95. The summed E-state index contributed by atoms with van der Waals surface area (Å²) in [7, 11) is 1.65. The lowest BCUT2D eigenvalue weighted by Crippen LogP contribution is -2.12. The highest BCUT2D eigenvalue weighted by Gasteiger charge is 2.13. The molecule has 188 valence electrons. The molecule has 0 saturated carbocycles. The van der Waals surface area contributed by atoms with Crippen molar-refractivity contribution in [3.05, 3.63) is 88.8 Å². The maximum atomic E-state index is 12.6. The normalized spacial score (nSPS) is 11.1. The molecule has 0 fully saturated rings. The molecule has 0 bridgehead atoms. The number of nitrogens with one attached hydrogen (secondary N) is 3. The van der Waals surface area contributed by atoms with E-state index in [2.05, 4.69) is 39.3 Å². The minimum atomic E-state index is -0.421. The number of nitrogens with zero attached hydrogens (tertiary/aromatic N) is 2. The lowest BCUT2D eigenvalue weighted by Gasteiger charge is -2.13. The first-order chi connectivity index (χ1) is 18.0. The van der Waals surface area contributed by atoms with Crippen LogP contribution in [0.2, 0.25) is 0 Å². The summed E-state index contributed by atoms with van der Waals surface area (Å²) in [5, 5.41) is 11.8. The van der Waals surface area contributed by atoms with Crippen molar-refractivity contribution in [2.45, 2.75) is 20.4 Å². The largest absolute Gasteiger partial charge is 0.497 e. The highest BCUT2D eigenvalue weighted by atomic mass is 16.5. The number of H-pyrrole nitrogens is 2. The topological polar surface area (TPSA) is 105 Å². The molecule has 2 aromatic heterocycles. The second-order valence-corrected chi connectivity index (χ2v) is 9.22. The Morgan fingerprint density at radius 2 is 1.86 bits per heavy atom. The van der Waals surface area contributed by atoms with E-state index in [1.165, 1.54) is 0 Å². The van der Waals surface area contributed by atoms with E-state index in [1.807, 2.05) is 72.8 Å².